The van der Waals surface area contributed by atoms with Gasteiger partial charge in [0.25, 0.3) is 0 Å². The van der Waals surface area contributed by atoms with Crippen molar-refractivity contribution in [3.05, 3.63) is 12.2 Å². The third-order valence-electron chi connectivity index (χ3n) is 1.79. The summed E-state index contributed by atoms with van der Waals surface area (Å²) >= 11 is 0. The number of esters is 2. The van der Waals surface area contributed by atoms with E-state index in [9.17, 15) is 14.4 Å². The minimum atomic E-state index is -0.994. The first-order valence-corrected chi connectivity index (χ1v) is 5.52. The van der Waals surface area contributed by atoms with Crippen LogP contribution in [0.3, 0.4) is 0 Å². The highest BCUT2D eigenvalue weighted by Crippen LogP contribution is 1.89. The predicted molar refractivity (Wildman–Crippen MR) is 61.6 cm³/mol. The van der Waals surface area contributed by atoms with Crippen LogP contribution in [0.15, 0.2) is 12.2 Å². The van der Waals surface area contributed by atoms with Gasteiger partial charge in [-0.2, -0.15) is 0 Å². The molecule has 0 aromatic carbocycles. The van der Waals surface area contributed by atoms with Crippen molar-refractivity contribution in [1.29, 1.82) is 0 Å². The topological polar surface area (TPSA) is 102 Å². The van der Waals surface area contributed by atoms with Gasteiger partial charge >= 0.3 is 18.0 Å². The molecule has 1 unspecified atom stereocenters. The van der Waals surface area contributed by atoms with Crippen molar-refractivity contribution in [2.45, 2.75) is 26.4 Å². The standard InChI is InChI=1S/C11H17NO6/c1-3-8(13)7-12-11(16)18-10(15)6-5-9(14)17-4-2/h5-6,8,13H,3-4,7H2,1-2H3,(H,12,16). The SMILES string of the molecule is CCOC(=O)C=CC(=O)OC(=O)NCC(O)CC. The van der Waals surface area contributed by atoms with Crippen LogP contribution in [-0.4, -0.2) is 42.4 Å². The Morgan fingerprint density at radius 1 is 1.22 bits per heavy atom. The molecule has 0 saturated heterocycles. The Hall–Kier alpha value is -1.89. The molecule has 1 amide bonds. The second-order valence-electron chi connectivity index (χ2n) is 3.24. The minimum Gasteiger partial charge on any atom is -0.463 e. The highest BCUT2D eigenvalue weighted by atomic mass is 16.6. The van der Waals surface area contributed by atoms with Gasteiger partial charge in [0.15, 0.2) is 0 Å². The molecule has 102 valence electrons. The van der Waals surface area contributed by atoms with Crippen molar-refractivity contribution in [3.63, 3.8) is 0 Å². The number of aliphatic hydroxyl groups is 1. The summed E-state index contributed by atoms with van der Waals surface area (Å²) in [5.74, 6) is -1.69. The fraction of sp³-hybridized carbons (Fsp3) is 0.545. The van der Waals surface area contributed by atoms with Crippen molar-refractivity contribution >= 4 is 18.0 Å². The third kappa shape index (κ3) is 8.28. The summed E-state index contributed by atoms with van der Waals surface area (Å²) in [6.45, 7) is 3.54. The number of hydrogen-bond acceptors (Lipinski definition) is 6. The van der Waals surface area contributed by atoms with E-state index in [2.05, 4.69) is 14.8 Å². The Balaban J connectivity index is 3.94. The van der Waals surface area contributed by atoms with Crippen LogP contribution >= 0.6 is 0 Å². The monoisotopic (exact) mass is 259 g/mol. The quantitative estimate of drug-likeness (QED) is 0.399. The van der Waals surface area contributed by atoms with Gasteiger partial charge in [0.1, 0.15) is 0 Å². The molecular formula is C11H17NO6. The van der Waals surface area contributed by atoms with Crippen LogP contribution in [0.1, 0.15) is 20.3 Å². The van der Waals surface area contributed by atoms with Crippen LogP contribution in [0.5, 0.6) is 0 Å². The summed E-state index contributed by atoms with van der Waals surface area (Å²) in [5.41, 5.74) is 0. The Morgan fingerprint density at radius 3 is 2.39 bits per heavy atom. The molecule has 0 aromatic heterocycles. The number of ether oxygens (including phenoxy) is 2. The summed E-state index contributed by atoms with van der Waals surface area (Å²) in [6, 6.07) is 0. The highest BCUT2D eigenvalue weighted by Gasteiger charge is 2.09. The maximum atomic E-state index is 11.0. The van der Waals surface area contributed by atoms with Gasteiger partial charge in [-0.3, -0.25) is 0 Å². The van der Waals surface area contributed by atoms with Crippen molar-refractivity contribution in [2.24, 2.45) is 0 Å². The van der Waals surface area contributed by atoms with Crippen molar-refractivity contribution in [3.8, 4) is 0 Å². The van der Waals surface area contributed by atoms with Crippen LogP contribution in [0.2, 0.25) is 0 Å². The molecule has 18 heavy (non-hydrogen) atoms. The number of carbonyl (C=O) groups excluding carboxylic acids is 3. The fourth-order valence-electron chi connectivity index (χ4n) is 0.833. The lowest BCUT2D eigenvalue weighted by Gasteiger charge is -2.08. The molecule has 7 nitrogen and oxygen atoms in total. The Labute approximate surface area is 105 Å². The molecule has 0 bridgehead atoms. The van der Waals surface area contributed by atoms with Crippen LogP contribution in [0.25, 0.3) is 0 Å². The zero-order valence-electron chi connectivity index (χ0n) is 10.3. The summed E-state index contributed by atoms with van der Waals surface area (Å²) in [6.07, 6.45) is 0.439. The molecule has 7 heteroatoms. The highest BCUT2D eigenvalue weighted by molar-refractivity contribution is 5.96. The Morgan fingerprint density at radius 2 is 1.83 bits per heavy atom. The fourth-order valence-corrected chi connectivity index (χ4v) is 0.833. The first-order valence-electron chi connectivity index (χ1n) is 5.52. The van der Waals surface area contributed by atoms with Crippen LogP contribution in [-0.2, 0) is 19.1 Å². The molecular weight excluding hydrogens is 242 g/mol. The lowest BCUT2D eigenvalue weighted by atomic mass is 10.3. The average molecular weight is 259 g/mol. The Bertz CT molecular complexity index is 325. The molecule has 0 aliphatic carbocycles. The van der Waals surface area contributed by atoms with Crippen molar-refractivity contribution in [1.82, 2.24) is 5.32 Å². The van der Waals surface area contributed by atoms with Gasteiger partial charge in [-0.1, -0.05) is 6.92 Å². The number of nitrogens with one attached hydrogen (secondary N) is 1. The molecule has 0 heterocycles. The van der Waals surface area contributed by atoms with E-state index in [-0.39, 0.29) is 13.2 Å². The summed E-state index contributed by atoms with van der Waals surface area (Å²) in [4.78, 5) is 32.9. The smallest absolute Gasteiger partial charge is 0.415 e. The normalized spacial score (nSPS) is 11.9. The molecule has 0 aliphatic rings. The number of amides is 1. The lowest BCUT2D eigenvalue weighted by molar-refractivity contribution is -0.138. The van der Waals surface area contributed by atoms with Crippen molar-refractivity contribution < 1.29 is 29.0 Å². The summed E-state index contributed by atoms with van der Waals surface area (Å²) < 4.78 is 8.80. The molecule has 1 atom stereocenters. The van der Waals surface area contributed by atoms with Crippen LogP contribution < -0.4 is 5.32 Å². The average Bonchev–Trinajstić information content (AvgIpc) is 2.33. The van der Waals surface area contributed by atoms with E-state index in [1.807, 2.05) is 0 Å². The number of rotatable bonds is 6. The number of alkyl carbamates (subject to hydrolysis) is 1. The lowest BCUT2D eigenvalue weighted by Crippen LogP contribution is -2.33. The third-order valence-corrected chi connectivity index (χ3v) is 1.79. The van der Waals surface area contributed by atoms with E-state index in [0.717, 1.165) is 12.2 Å². The predicted octanol–water partition coefficient (Wildman–Crippen LogP) is 0.129. The summed E-state index contributed by atoms with van der Waals surface area (Å²) in [5, 5.41) is 11.3. The van der Waals surface area contributed by atoms with E-state index in [1.54, 1.807) is 13.8 Å². The van der Waals surface area contributed by atoms with E-state index in [0.29, 0.717) is 6.42 Å². The van der Waals surface area contributed by atoms with E-state index in [4.69, 9.17) is 5.11 Å². The van der Waals surface area contributed by atoms with Gasteiger partial charge in [0.2, 0.25) is 0 Å². The number of hydrogen-bond donors (Lipinski definition) is 2. The molecule has 0 aliphatic heterocycles. The number of carbonyl (C=O) groups is 3. The van der Waals surface area contributed by atoms with Gasteiger partial charge in [-0.15, -0.1) is 0 Å². The molecule has 0 rings (SSSR count). The second-order valence-corrected chi connectivity index (χ2v) is 3.24. The van der Waals surface area contributed by atoms with Gasteiger partial charge in [-0.05, 0) is 13.3 Å². The largest absolute Gasteiger partial charge is 0.463 e. The molecule has 0 aromatic rings. The van der Waals surface area contributed by atoms with Gasteiger partial charge in [-0.25, -0.2) is 14.4 Å². The molecule has 0 saturated carbocycles. The zero-order chi connectivity index (χ0) is 14.0. The maximum Gasteiger partial charge on any atom is 0.415 e. The molecule has 2 N–H and O–H groups in total. The zero-order valence-corrected chi connectivity index (χ0v) is 10.3. The van der Waals surface area contributed by atoms with Crippen LogP contribution in [0.4, 0.5) is 4.79 Å². The maximum absolute atomic E-state index is 11.0. The van der Waals surface area contributed by atoms with Crippen molar-refractivity contribution in [2.75, 3.05) is 13.2 Å². The Kier molecular flexibility index (Phi) is 8.21. The minimum absolute atomic E-state index is 0.00972. The van der Waals surface area contributed by atoms with Crippen LogP contribution in [0, 0.1) is 0 Å². The number of aliphatic hydroxyl groups excluding tert-OH is 1. The van der Waals surface area contributed by atoms with Gasteiger partial charge in [0, 0.05) is 18.7 Å². The van der Waals surface area contributed by atoms with E-state index < -0.39 is 24.1 Å². The molecule has 0 radical (unpaired) electrons. The molecule has 0 spiro atoms. The summed E-state index contributed by atoms with van der Waals surface area (Å²) in [7, 11) is 0. The molecule has 0 fully saturated rings. The first-order chi connectivity index (χ1) is 8.49. The second kappa shape index (κ2) is 9.17. The van der Waals surface area contributed by atoms with Gasteiger partial charge < -0.3 is 19.9 Å². The van der Waals surface area contributed by atoms with E-state index >= 15 is 0 Å². The first kappa shape index (κ1) is 16.1. The van der Waals surface area contributed by atoms with Gasteiger partial charge in [0.05, 0.1) is 12.7 Å². The van der Waals surface area contributed by atoms with E-state index in [1.165, 1.54) is 0 Å².